The molecule has 1 atom stereocenters. The first kappa shape index (κ1) is 17.5. The number of hydrogen-bond acceptors (Lipinski definition) is 4. The minimum atomic E-state index is -0.102. The van der Waals surface area contributed by atoms with Crippen LogP contribution in [0.3, 0.4) is 0 Å². The Balaban J connectivity index is 1.54. The fraction of sp³-hybridized carbons (Fsp3) is 0.650. The largest absolute Gasteiger partial charge is 0.356 e. The van der Waals surface area contributed by atoms with E-state index in [4.69, 9.17) is 0 Å². The van der Waals surface area contributed by atoms with E-state index in [1.54, 1.807) is 6.20 Å². The predicted octanol–water partition coefficient (Wildman–Crippen LogP) is 1.39. The molecule has 0 bridgehead atoms. The fourth-order valence-corrected chi connectivity index (χ4v) is 4.66. The summed E-state index contributed by atoms with van der Waals surface area (Å²) in [6.45, 7) is 2.95. The van der Waals surface area contributed by atoms with Gasteiger partial charge in [0.2, 0.25) is 5.91 Å². The maximum Gasteiger partial charge on any atom is 0.255 e. The third kappa shape index (κ3) is 3.22. The lowest BCUT2D eigenvalue weighted by atomic mass is 9.86. The topological polar surface area (TPSA) is 65.5 Å². The minimum Gasteiger partial charge on any atom is -0.356 e. The summed E-state index contributed by atoms with van der Waals surface area (Å²) in [6.07, 6.45) is 8.43. The molecule has 1 aromatic rings. The van der Waals surface area contributed by atoms with Crippen LogP contribution >= 0.6 is 0 Å². The molecule has 1 aromatic heterocycles. The highest BCUT2D eigenvalue weighted by Crippen LogP contribution is 2.31. The summed E-state index contributed by atoms with van der Waals surface area (Å²) < 4.78 is 0. The molecule has 1 N–H and O–H groups in total. The van der Waals surface area contributed by atoms with Crippen LogP contribution in [0.2, 0.25) is 0 Å². The van der Waals surface area contributed by atoms with E-state index in [9.17, 15) is 9.59 Å². The number of carbonyl (C=O) groups excluding carboxylic acids is 2. The summed E-state index contributed by atoms with van der Waals surface area (Å²) in [5.41, 5.74) is 3.02. The zero-order valence-corrected chi connectivity index (χ0v) is 15.6. The number of likely N-dealkylation sites (N-methyl/N-ethyl adjacent to an activating group) is 1. The Morgan fingerprint density at radius 3 is 2.92 bits per heavy atom. The summed E-state index contributed by atoms with van der Waals surface area (Å²) in [5, 5.41) is 2.97. The van der Waals surface area contributed by atoms with Crippen LogP contribution in [-0.2, 0) is 17.6 Å². The van der Waals surface area contributed by atoms with Crippen molar-refractivity contribution >= 4 is 11.8 Å². The van der Waals surface area contributed by atoms with E-state index in [0.29, 0.717) is 25.1 Å². The number of nitrogens with zero attached hydrogens (tertiary/aromatic N) is 3. The van der Waals surface area contributed by atoms with Gasteiger partial charge in [-0.3, -0.25) is 19.5 Å². The summed E-state index contributed by atoms with van der Waals surface area (Å²) in [7, 11) is 2.12. The molecule has 0 unspecified atom stereocenters. The van der Waals surface area contributed by atoms with Gasteiger partial charge in [0.1, 0.15) is 0 Å². The van der Waals surface area contributed by atoms with Gasteiger partial charge in [0, 0.05) is 50.0 Å². The second-order valence-corrected chi connectivity index (χ2v) is 8.01. The highest BCUT2D eigenvalue weighted by molar-refractivity contribution is 5.94. The molecule has 2 amide bonds. The van der Waals surface area contributed by atoms with Crippen molar-refractivity contribution in [2.24, 2.45) is 0 Å². The summed E-state index contributed by atoms with van der Waals surface area (Å²) in [6, 6.07) is 2.06. The molecule has 0 saturated carbocycles. The number of piperazine rings is 1. The van der Waals surface area contributed by atoms with Crippen molar-refractivity contribution in [1.82, 2.24) is 20.1 Å². The van der Waals surface area contributed by atoms with Crippen molar-refractivity contribution in [1.29, 1.82) is 0 Å². The first-order chi connectivity index (χ1) is 12.6. The molecule has 2 fully saturated rings. The lowest BCUT2D eigenvalue weighted by Crippen LogP contribution is -2.62. The van der Waals surface area contributed by atoms with Crippen LogP contribution < -0.4 is 5.32 Å². The van der Waals surface area contributed by atoms with Crippen molar-refractivity contribution in [3.05, 3.63) is 29.1 Å². The molecular weight excluding hydrogens is 328 g/mol. The molecule has 2 saturated heterocycles. The van der Waals surface area contributed by atoms with Crippen LogP contribution in [-0.4, -0.2) is 65.4 Å². The quantitative estimate of drug-likeness (QED) is 0.826. The Hall–Kier alpha value is -1.95. The van der Waals surface area contributed by atoms with Gasteiger partial charge >= 0.3 is 0 Å². The number of rotatable bonds is 1. The predicted molar refractivity (Wildman–Crippen MR) is 99.0 cm³/mol. The SMILES string of the molecule is CN1CCN(C(=O)c2cnc3c(c2)CCCC3)C[C@]12CCNC(=O)CC2. The normalized spacial score (nSPS) is 27.0. The molecular formula is C20H28N4O2. The highest BCUT2D eigenvalue weighted by Gasteiger charge is 2.42. The van der Waals surface area contributed by atoms with E-state index in [1.807, 2.05) is 4.90 Å². The number of aryl methyl sites for hydroxylation is 2. The van der Waals surface area contributed by atoms with Crippen molar-refractivity contribution in [3.8, 4) is 0 Å². The van der Waals surface area contributed by atoms with Gasteiger partial charge in [-0.1, -0.05) is 0 Å². The van der Waals surface area contributed by atoms with Gasteiger partial charge in [-0.25, -0.2) is 0 Å². The summed E-state index contributed by atoms with van der Waals surface area (Å²) in [5.74, 6) is 0.208. The van der Waals surface area contributed by atoms with Gasteiger partial charge < -0.3 is 10.2 Å². The standard InChI is InChI=1S/C20H28N4O2/c1-23-10-11-24(14-20(23)7-6-18(25)21-9-8-20)19(26)16-12-15-4-2-3-5-17(15)22-13-16/h12-13H,2-11,14H2,1H3,(H,21,25)/t20-/m0/s1. The van der Waals surface area contributed by atoms with Crippen LogP contribution in [0.4, 0.5) is 0 Å². The molecule has 3 heterocycles. The van der Waals surface area contributed by atoms with Gasteiger partial charge in [0.05, 0.1) is 5.56 Å². The lowest BCUT2D eigenvalue weighted by molar-refractivity contribution is -0.121. The average molecular weight is 356 g/mol. The van der Waals surface area contributed by atoms with Crippen molar-refractivity contribution in [3.63, 3.8) is 0 Å². The summed E-state index contributed by atoms with van der Waals surface area (Å²) in [4.78, 5) is 33.8. The number of amides is 2. The van der Waals surface area contributed by atoms with Crippen molar-refractivity contribution in [2.45, 2.75) is 50.5 Å². The molecule has 1 aliphatic carbocycles. The minimum absolute atomic E-state index is 0.0851. The smallest absolute Gasteiger partial charge is 0.255 e. The number of aromatic nitrogens is 1. The molecule has 26 heavy (non-hydrogen) atoms. The maximum absolute atomic E-state index is 13.2. The van der Waals surface area contributed by atoms with E-state index < -0.39 is 0 Å². The fourth-order valence-electron chi connectivity index (χ4n) is 4.66. The van der Waals surface area contributed by atoms with E-state index >= 15 is 0 Å². The Bertz CT molecular complexity index is 720. The Morgan fingerprint density at radius 2 is 2.04 bits per heavy atom. The third-order valence-electron chi connectivity index (χ3n) is 6.43. The van der Waals surface area contributed by atoms with E-state index in [1.165, 1.54) is 18.4 Å². The van der Waals surface area contributed by atoms with Gasteiger partial charge in [-0.15, -0.1) is 0 Å². The van der Waals surface area contributed by atoms with Gasteiger partial charge in [-0.05, 0) is 57.2 Å². The first-order valence-corrected chi connectivity index (χ1v) is 9.82. The van der Waals surface area contributed by atoms with Crippen LogP contribution in [0.1, 0.15) is 53.7 Å². The van der Waals surface area contributed by atoms with Crippen LogP contribution in [0, 0.1) is 0 Å². The monoisotopic (exact) mass is 356 g/mol. The molecule has 6 nitrogen and oxygen atoms in total. The zero-order valence-electron chi connectivity index (χ0n) is 15.6. The first-order valence-electron chi connectivity index (χ1n) is 9.82. The van der Waals surface area contributed by atoms with Crippen LogP contribution in [0.15, 0.2) is 12.3 Å². The Morgan fingerprint density at radius 1 is 1.19 bits per heavy atom. The second kappa shape index (κ2) is 6.99. The number of pyridine rings is 1. The summed E-state index contributed by atoms with van der Waals surface area (Å²) >= 11 is 0. The molecule has 3 aliphatic rings. The van der Waals surface area contributed by atoms with E-state index in [2.05, 4.69) is 28.3 Å². The van der Waals surface area contributed by atoms with Crippen LogP contribution in [0.25, 0.3) is 0 Å². The van der Waals surface area contributed by atoms with Crippen molar-refractivity contribution < 1.29 is 9.59 Å². The van der Waals surface area contributed by atoms with Crippen molar-refractivity contribution in [2.75, 3.05) is 33.2 Å². The van der Waals surface area contributed by atoms with Gasteiger partial charge in [0.25, 0.3) is 5.91 Å². The number of hydrogen-bond donors (Lipinski definition) is 1. The number of fused-ring (bicyclic) bond motifs is 1. The highest BCUT2D eigenvalue weighted by atomic mass is 16.2. The lowest BCUT2D eigenvalue weighted by Gasteiger charge is -2.49. The molecule has 4 rings (SSSR count). The van der Waals surface area contributed by atoms with Gasteiger partial charge in [-0.2, -0.15) is 0 Å². The average Bonchev–Trinajstić information content (AvgIpc) is 2.85. The Kier molecular flexibility index (Phi) is 4.69. The molecule has 140 valence electrons. The molecule has 1 spiro atoms. The van der Waals surface area contributed by atoms with E-state index in [0.717, 1.165) is 44.5 Å². The third-order valence-corrected chi connectivity index (χ3v) is 6.43. The maximum atomic E-state index is 13.2. The molecule has 0 radical (unpaired) electrons. The van der Waals surface area contributed by atoms with Crippen LogP contribution in [0.5, 0.6) is 0 Å². The Labute approximate surface area is 155 Å². The zero-order chi connectivity index (χ0) is 18.1. The number of carbonyl (C=O) groups is 2. The second-order valence-electron chi connectivity index (χ2n) is 8.01. The molecule has 2 aliphatic heterocycles. The number of nitrogens with one attached hydrogen (secondary N) is 1. The molecule has 0 aromatic carbocycles. The van der Waals surface area contributed by atoms with E-state index in [-0.39, 0.29) is 17.4 Å². The molecule has 6 heteroatoms. The van der Waals surface area contributed by atoms with Gasteiger partial charge in [0.15, 0.2) is 0 Å².